The quantitative estimate of drug-likeness (QED) is 0.918. The number of halogens is 2. The number of hydrogen-bond donors (Lipinski definition) is 1. The second-order valence-electron chi connectivity index (χ2n) is 4.30. The number of carbonyl (C=O) groups is 1. The smallest absolute Gasteiger partial charge is 0.337 e. The van der Waals surface area contributed by atoms with Crippen LogP contribution in [0.5, 0.6) is 0 Å². The van der Waals surface area contributed by atoms with Gasteiger partial charge < -0.3 is 5.11 Å². The van der Waals surface area contributed by atoms with Crippen molar-refractivity contribution in [1.82, 2.24) is 0 Å². The number of rotatable bonds is 4. The maximum atomic E-state index is 12.4. The zero-order chi connectivity index (χ0) is 15.6. The van der Waals surface area contributed by atoms with E-state index in [9.17, 15) is 13.2 Å². The van der Waals surface area contributed by atoms with Crippen molar-refractivity contribution < 1.29 is 18.3 Å². The molecule has 0 aliphatic heterocycles. The Morgan fingerprint density at radius 3 is 2.38 bits per heavy atom. The van der Waals surface area contributed by atoms with Crippen LogP contribution < -0.4 is 0 Å². The van der Waals surface area contributed by atoms with Gasteiger partial charge in [0.05, 0.1) is 16.2 Å². The van der Waals surface area contributed by atoms with Crippen LogP contribution in [0, 0.1) is 0 Å². The minimum Gasteiger partial charge on any atom is -0.478 e. The number of carboxylic acid groups (broad SMARTS) is 1. The fourth-order valence-corrected chi connectivity index (χ4v) is 3.98. The van der Waals surface area contributed by atoms with E-state index >= 15 is 0 Å². The molecule has 7 heteroatoms. The molecule has 4 nitrogen and oxygen atoms in total. The molecule has 21 heavy (non-hydrogen) atoms. The zero-order valence-electron chi connectivity index (χ0n) is 10.6. The van der Waals surface area contributed by atoms with Crippen LogP contribution >= 0.6 is 23.2 Å². The first kappa shape index (κ1) is 15.8. The summed E-state index contributed by atoms with van der Waals surface area (Å²) < 4.78 is 24.8. The second-order valence-corrected chi connectivity index (χ2v) is 7.10. The van der Waals surface area contributed by atoms with E-state index in [0.717, 1.165) is 0 Å². The maximum Gasteiger partial charge on any atom is 0.337 e. The van der Waals surface area contributed by atoms with Crippen LogP contribution in [0.4, 0.5) is 0 Å². The van der Waals surface area contributed by atoms with Gasteiger partial charge in [-0.05, 0) is 29.8 Å². The Morgan fingerprint density at radius 2 is 1.76 bits per heavy atom. The summed E-state index contributed by atoms with van der Waals surface area (Å²) in [6, 6.07) is 9.94. The van der Waals surface area contributed by atoms with Gasteiger partial charge in [-0.2, -0.15) is 0 Å². The van der Waals surface area contributed by atoms with Crippen LogP contribution in [-0.2, 0) is 15.6 Å². The van der Waals surface area contributed by atoms with E-state index in [2.05, 4.69) is 0 Å². The zero-order valence-corrected chi connectivity index (χ0v) is 12.9. The topological polar surface area (TPSA) is 71.4 Å². The third-order valence-corrected chi connectivity index (χ3v) is 5.12. The van der Waals surface area contributed by atoms with E-state index < -0.39 is 21.6 Å². The molecule has 0 aliphatic rings. The van der Waals surface area contributed by atoms with Crippen molar-refractivity contribution in [2.24, 2.45) is 0 Å². The van der Waals surface area contributed by atoms with Crippen LogP contribution in [0.15, 0.2) is 47.4 Å². The molecule has 110 valence electrons. The molecule has 0 heterocycles. The average Bonchev–Trinajstić information content (AvgIpc) is 2.42. The first-order chi connectivity index (χ1) is 9.81. The fourth-order valence-electron chi connectivity index (χ4n) is 1.84. The molecule has 0 saturated heterocycles. The Bertz CT molecular complexity index is 800. The molecule has 0 spiro atoms. The lowest BCUT2D eigenvalue weighted by molar-refractivity contribution is 0.0692. The molecule has 0 aliphatic carbocycles. The monoisotopic (exact) mass is 344 g/mol. The van der Waals surface area contributed by atoms with Crippen LogP contribution in [0.25, 0.3) is 0 Å². The fraction of sp³-hybridized carbons (Fsp3) is 0.0714. The van der Waals surface area contributed by atoms with Crippen LogP contribution in [0.1, 0.15) is 15.9 Å². The van der Waals surface area contributed by atoms with Crippen molar-refractivity contribution in [3.05, 3.63) is 63.6 Å². The molecule has 2 aromatic carbocycles. The lowest BCUT2D eigenvalue weighted by atomic mass is 10.2. The largest absolute Gasteiger partial charge is 0.478 e. The highest BCUT2D eigenvalue weighted by Crippen LogP contribution is 2.26. The lowest BCUT2D eigenvalue weighted by Crippen LogP contribution is -2.11. The molecule has 0 bridgehead atoms. The van der Waals surface area contributed by atoms with Gasteiger partial charge >= 0.3 is 5.97 Å². The Labute approximate surface area is 131 Å². The highest BCUT2D eigenvalue weighted by molar-refractivity contribution is 7.90. The summed E-state index contributed by atoms with van der Waals surface area (Å²) in [6.45, 7) is 0. The van der Waals surface area contributed by atoms with Crippen molar-refractivity contribution in [2.45, 2.75) is 10.6 Å². The molecule has 0 aromatic heterocycles. The summed E-state index contributed by atoms with van der Waals surface area (Å²) in [5, 5.41) is 9.69. The van der Waals surface area contributed by atoms with Crippen molar-refractivity contribution in [3.8, 4) is 0 Å². The predicted molar refractivity (Wildman–Crippen MR) is 80.8 cm³/mol. The van der Waals surface area contributed by atoms with E-state index in [1.807, 2.05) is 0 Å². The van der Waals surface area contributed by atoms with E-state index in [0.29, 0.717) is 10.6 Å². The molecule has 0 amide bonds. The lowest BCUT2D eigenvalue weighted by Gasteiger charge is -2.09. The molecule has 0 saturated carbocycles. The van der Waals surface area contributed by atoms with Gasteiger partial charge in [0, 0.05) is 10.0 Å². The number of carboxylic acids is 1. The summed E-state index contributed by atoms with van der Waals surface area (Å²) in [6.07, 6.45) is 0. The van der Waals surface area contributed by atoms with Gasteiger partial charge in [-0.25, -0.2) is 13.2 Å². The van der Waals surface area contributed by atoms with Crippen LogP contribution in [-0.4, -0.2) is 19.5 Å². The molecule has 0 radical (unpaired) electrons. The van der Waals surface area contributed by atoms with E-state index in [1.165, 1.54) is 42.5 Å². The molecule has 0 unspecified atom stereocenters. The normalized spacial score (nSPS) is 11.3. The first-order valence-electron chi connectivity index (χ1n) is 5.80. The minimum atomic E-state index is -3.83. The summed E-state index contributed by atoms with van der Waals surface area (Å²) in [4.78, 5) is 10.9. The van der Waals surface area contributed by atoms with E-state index in [1.54, 1.807) is 0 Å². The molecular formula is C14H10Cl2O4S. The Kier molecular flexibility index (Phi) is 4.56. The van der Waals surface area contributed by atoms with E-state index in [4.69, 9.17) is 28.3 Å². The summed E-state index contributed by atoms with van der Waals surface area (Å²) >= 11 is 11.7. The molecule has 0 fully saturated rings. The van der Waals surface area contributed by atoms with Gasteiger partial charge in [0.1, 0.15) is 0 Å². The Hall–Kier alpha value is -1.56. The molecule has 2 rings (SSSR count). The first-order valence-corrected chi connectivity index (χ1v) is 8.21. The number of hydrogen-bond acceptors (Lipinski definition) is 3. The van der Waals surface area contributed by atoms with Crippen LogP contribution in [0.3, 0.4) is 0 Å². The summed E-state index contributed by atoms with van der Waals surface area (Å²) in [5.74, 6) is -1.69. The SMILES string of the molecule is O=C(O)c1ccccc1S(=O)(=O)Cc1ccc(Cl)cc1Cl. The highest BCUT2D eigenvalue weighted by Gasteiger charge is 2.23. The van der Waals surface area contributed by atoms with Crippen molar-refractivity contribution >= 4 is 39.0 Å². The third-order valence-electron chi connectivity index (χ3n) is 2.81. The van der Waals surface area contributed by atoms with Crippen LogP contribution in [0.2, 0.25) is 10.0 Å². The minimum absolute atomic E-state index is 0.221. The highest BCUT2D eigenvalue weighted by atomic mass is 35.5. The molecule has 0 atom stereocenters. The van der Waals surface area contributed by atoms with Gasteiger partial charge in [-0.15, -0.1) is 0 Å². The Balaban J connectivity index is 2.46. The molecule has 1 N–H and O–H groups in total. The molecule has 2 aromatic rings. The van der Waals surface area contributed by atoms with Gasteiger partial charge in [-0.1, -0.05) is 41.4 Å². The number of benzene rings is 2. The summed E-state index contributed by atoms with van der Waals surface area (Å²) in [5.41, 5.74) is 0.101. The number of aromatic carboxylic acids is 1. The van der Waals surface area contributed by atoms with Gasteiger partial charge in [-0.3, -0.25) is 0 Å². The third kappa shape index (κ3) is 3.56. The van der Waals surface area contributed by atoms with Crippen molar-refractivity contribution in [1.29, 1.82) is 0 Å². The average molecular weight is 345 g/mol. The van der Waals surface area contributed by atoms with Gasteiger partial charge in [0.25, 0.3) is 0 Å². The predicted octanol–water partition coefficient (Wildman–Crippen LogP) is 3.67. The van der Waals surface area contributed by atoms with Gasteiger partial charge in [0.15, 0.2) is 9.84 Å². The maximum absolute atomic E-state index is 12.4. The van der Waals surface area contributed by atoms with Crippen molar-refractivity contribution in [2.75, 3.05) is 0 Å². The standard InChI is InChI=1S/C14H10Cl2O4S/c15-10-6-5-9(12(16)7-10)8-21(19,20)13-4-2-1-3-11(13)14(17)18/h1-7H,8H2,(H,17,18). The number of sulfone groups is 1. The van der Waals surface area contributed by atoms with E-state index in [-0.39, 0.29) is 15.5 Å². The Morgan fingerprint density at radius 1 is 1.10 bits per heavy atom. The second kappa shape index (κ2) is 6.05. The summed E-state index contributed by atoms with van der Waals surface area (Å²) in [7, 11) is -3.83. The van der Waals surface area contributed by atoms with Gasteiger partial charge in [0.2, 0.25) is 0 Å². The molecular weight excluding hydrogens is 335 g/mol. The van der Waals surface area contributed by atoms with Crippen molar-refractivity contribution in [3.63, 3.8) is 0 Å².